The molecule has 0 aliphatic carbocycles. The summed E-state index contributed by atoms with van der Waals surface area (Å²) >= 11 is 0. The Morgan fingerprint density at radius 1 is 1.32 bits per heavy atom. The molecular weight excluding hydrogens is 257 g/mol. The third-order valence-electron chi connectivity index (χ3n) is 2.57. The van der Waals surface area contributed by atoms with Crippen LogP contribution >= 0.6 is 0 Å². The summed E-state index contributed by atoms with van der Waals surface area (Å²) in [6, 6.07) is 0.946. The van der Waals surface area contributed by atoms with Gasteiger partial charge in [-0.05, 0) is 39.5 Å². The van der Waals surface area contributed by atoms with Gasteiger partial charge < -0.3 is 16.0 Å². The van der Waals surface area contributed by atoms with E-state index in [0.717, 1.165) is 31.6 Å². The van der Waals surface area contributed by atoms with Crippen LogP contribution in [0.5, 0.6) is 0 Å². The number of rotatable bonds is 6. The molecular formula is C12H19F3N4. The zero-order chi connectivity index (χ0) is 14.5. The number of nitrogens with zero attached hydrogens (tertiary/aromatic N) is 2. The Morgan fingerprint density at radius 3 is 2.58 bits per heavy atom. The maximum Gasteiger partial charge on any atom is 0.433 e. The van der Waals surface area contributed by atoms with E-state index in [9.17, 15) is 13.2 Å². The van der Waals surface area contributed by atoms with Gasteiger partial charge in [0.15, 0.2) is 0 Å². The van der Waals surface area contributed by atoms with E-state index in [4.69, 9.17) is 5.73 Å². The quantitative estimate of drug-likeness (QED) is 0.784. The van der Waals surface area contributed by atoms with Gasteiger partial charge in [-0.2, -0.15) is 13.2 Å². The summed E-state index contributed by atoms with van der Waals surface area (Å²) in [4.78, 5) is 5.34. The van der Waals surface area contributed by atoms with Gasteiger partial charge >= 0.3 is 6.18 Å². The number of unbranched alkanes of at least 4 members (excludes halogenated alkanes) is 1. The SMILES string of the molecule is CN(C)CCCCNc1cc(C(F)(F)F)ncc1N. The lowest BCUT2D eigenvalue weighted by molar-refractivity contribution is -0.141. The highest BCUT2D eigenvalue weighted by molar-refractivity contribution is 5.65. The molecule has 3 N–H and O–H groups in total. The number of pyridine rings is 1. The smallest absolute Gasteiger partial charge is 0.396 e. The third-order valence-corrected chi connectivity index (χ3v) is 2.57. The summed E-state index contributed by atoms with van der Waals surface area (Å²) in [7, 11) is 3.95. The first kappa shape index (κ1) is 15.6. The summed E-state index contributed by atoms with van der Waals surface area (Å²) in [5.41, 5.74) is 5.17. The van der Waals surface area contributed by atoms with E-state index in [0.29, 0.717) is 6.54 Å². The number of nitrogens with one attached hydrogen (secondary N) is 1. The average Bonchev–Trinajstić information content (AvgIpc) is 2.29. The molecule has 0 atom stereocenters. The Hall–Kier alpha value is -1.50. The first-order valence-corrected chi connectivity index (χ1v) is 6.02. The molecule has 108 valence electrons. The molecule has 0 fully saturated rings. The third kappa shape index (κ3) is 5.34. The topological polar surface area (TPSA) is 54.2 Å². The van der Waals surface area contributed by atoms with Crippen molar-refractivity contribution in [3.8, 4) is 0 Å². The van der Waals surface area contributed by atoms with Crippen LogP contribution in [0, 0.1) is 0 Å². The van der Waals surface area contributed by atoms with Crippen molar-refractivity contribution in [1.29, 1.82) is 0 Å². The highest BCUT2D eigenvalue weighted by Crippen LogP contribution is 2.30. The predicted molar refractivity (Wildman–Crippen MR) is 69.9 cm³/mol. The molecule has 7 heteroatoms. The minimum absolute atomic E-state index is 0.223. The molecule has 0 aromatic carbocycles. The zero-order valence-corrected chi connectivity index (χ0v) is 11.1. The monoisotopic (exact) mass is 276 g/mol. The number of hydrogen-bond acceptors (Lipinski definition) is 4. The summed E-state index contributed by atoms with van der Waals surface area (Å²) < 4.78 is 37.5. The molecule has 0 saturated heterocycles. The first-order chi connectivity index (χ1) is 8.80. The fourth-order valence-corrected chi connectivity index (χ4v) is 1.55. The van der Waals surface area contributed by atoms with Crippen molar-refractivity contribution in [2.24, 2.45) is 0 Å². The van der Waals surface area contributed by atoms with Gasteiger partial charge in [-0.25, -0.2) is 4.98 Å². The van der Waals surface area contributed by atoms with Crippen LogP contribution in [0.25, 0.3) is 0 Å². The molecule has 0 aliphatic heterocycles. The lowest BCUT2D eigenvalue weighted by atomic mass is 10.2. The van der Waals surface area contributed by atoms with Crippen LogP contribution in [-0.2, 0) is 6.18 Å². The highest BCUT2D eigenvalue weighted by atomic mass is 19.4. The molecule has 19 heavy (non-hydrogen) atoms. The zero-order valence-electron chi connectivity index (χ0n) is 11.1. The van der Waals surface area contributed by atoms with Crippen LogP contribution in [0.2, 0.25) is 0 Å². The number of hydrogen-bond donors (Lipinski definition) is 2. The van der Waals surface area contributed by atoms with Gasteiger partial charge in [0, 0.05) is 6.54 Å². The Balaban J connectivity index is 2.53. The second-order valence-corrected chi connectivity index (χ2v) is 4.59. The van der Waals surface area contributed by atoms with Crippen molar-refractivity contribution in [3.05, 3.63) is 18.0 Å². The number of anilines is 2. The van der Waals surface area contributed by atoms with Crippen molar-refractivity contribution >= 4 is 11.4 Å². The van der Waals surface area contributed by atoms with E-state index in [1.54, 1.807) is 0 Å². The van der Waals surface area contributed by atoms with Gasteiger partial charge in [0.05, 0.1) is 17.6 Å². The fourth-order valence-electron chi connectivity index (χ4n) is 1.55. The summed E-state index contributed by atoms with van der Waals surface area (Å²) in [6.45, 7) is 1.53. The van der Waals surface area contributed by atoms with E-state index >= 15 is 0 Å². The molecule has 0 unspecified atom stereocenters. The lowest BCUT2D eigenvalue weighted by Crippen LogP contribution is -2.15. The molecule has 0 spiro atoms. The van der Waals surface area contributed by atoms with Crippen molar-refractivity contribution in [1.82, 2.24) is 9.88 Å². The number of aromatic nitrogens is 1. The van der Waals surface area contributed by atoms with Gasteiger partial charge in [-0.15, -0.1) is 0 Å². The second kappa shape index (κ2) is 6.60. The van der Waals surface area contributed by atoms with Crippen LogP contribution in [0.4, 0.5) is 24.5 Å². The molecule has 0 saturated carbocycles. The van der Waals surface area contributed by atoms with Crippen molar-refractivity contribution in [2.45, 2.75) is 19.0 Å². The van der Waals surface area contributed by atoms with Crippen molar-refractivity contribution in [3.63, 3.8) is 0 Å². The molecule has 0 radical (unpaired) electrons. The Morgan fingerprint density at radius 2 is 2.00 bits per heavy atom. The molecule has 0 aliphatic rings. The van der Waals surface area contributed by atoms with Crippen molar-refractivity contribution < 1.29 is 13.2 Å². The number of alkyl halides is 3. The predicted octanol–water partition coefficient (Wildman–Crippen LogP) is 2.44. The Kier molecular flexibility index (Phi) is 5.41. The van der Waals surface area contributed by atoms with E-state index in [-0.39, 0.29) is 11.4 Å². The number of nitrogen functional groups attached to an aromatic ring is 1. The average molecular weight is 276 g/mol. The van der Waals surface area contributed by atoms with Crippen LogP contribution in [0.3, 0.4) is 0 Å². The highest BCUT2D eigenvalue weighted by Gasteiger charge is 2.32. The Bertz CT molecular complexity index is 404. The van der Waals surface area contributed by atoms with Gasteiger partial charge in [0.1, 0.15) is 5.69 Å². The van der Waals surface area contributed by atoms with E-state index in [1.807, 2.05) is 14.1 Å². The maximum atomic E-state index is 12.5. The van der Waals surface area contributed by atoms with Crippen LogP contribution in [0.1, 0.15) is 18.5 Å². The van der Waals surface area contributed by atoms with Gasteiger partial charge in [-0.1, -0.05) is 0 Å². The van der Waals surface area contributed by atoms with Crippen molar-refractivity contribution in [2.75, 3.05) is 38.2 Å². The standard InChI is InChI=1S/C12H19F3N4/c1-19(2)6-4-3-5-17-10-7-11(12(13,14)15)18-8-9(10)16/h7-8H,3-6,16H2,1-2H3,(H,17,18). The van der Waals surface area contributed by atoms with Crippen LogP contribution in [-0.4, -0.2) is 37.1 Å². The number of halogens is 3. The second-order valence-electron chi connectivity index (χ2n) is 4.59. The molecule has 1 aromatic rings. The summed E-state index contributed by atoms with van der Waals surface area (Å²) in [5.74, 6) is 0. The molecule has 4 nitrogen and oxygen atoms in total. The Labute approximate surface area is 110 Å². The fraction of sp³-hybridized carbons (Fsp3) is 0.583. The normalized spacial score (nSPS) is 11.9. The lowest BCUT2D eigenvalue weighted by Gasteiger charge is -2.13. The van der Waals surface area contributed by atoms with E-state index in [2.05, 4.69) is 15.2 Å². The van der Waals surface area contributed by atoms with E-state index < -0.39 is 11.9 Å². The van der Waals surface area contributed by atoms with E-state index in [1.165, 1.54) is 0 Å². The van der Waals surface area contributed by atoms with Gasteiger partial charge in [0.25, 0.3) is 0 Å². The van der Waals surface area contributed by atoms with Gasteiger partial charge in [0.2, 0.25) is 0 Å². The molecule has 1 heterocycles. The molecule has 0 bridgehead atoms. The minimum Gasteiger partial charge on any atom is -0.396 e. The van der Waals surface area contributed by atoms with Crippen LogP contribution < -0.4 is 11.1 Å². The minimum atomic E-state index is -4.45. The first-order valence-electron chi connectivity index (χ1n) is 6.02. The van der Waals surface area contributed by atoms with Gasteiger partial charge in [-0.3, -0.25) is 0 Å². The maximum absolute atomic E-state index is 12.5. The summed E-state index contributed by atoms with van der Waals surface area (Å²) in [5, 5.41) is 2.92. The van der Waals surface area contributed by atoms with Crippen LogP contribution in [0.15, 0.2) is 12.3 Å². The molecule has 1 aromatic heterocycles. The number of nitrogens with two attached hydrogens (primary N) is 1. The summed E-state index contributed by atoms with van der Waals surface area (Å²) in [6.07, 6.45) is -1.58. The molecule has 1 rings (SSSR count). The largest absolute Gasteiger partial charge is 0.433 e. The molecule has 0 amide bonds.